The zero-order valence-electron chi connectivity index (χ0n) is 8.52. The Morgan fingerprint density at radius 3 is 2.29 bits per heavy atom. The summed E-state index contributed by atoms with van der Waals surface area (Å²) in [7, 11) is 0. The SMILES string of the molecule is NCc1nnn(-c2ccc(C(F)(F)F)cc2)n1. The number of hydrogen-bond acceptors (Lipinski definition) is 4. The highest BCUT2D eigenvalue weighted by Gasteiger charge is 2.30. The minimum Gasteiger partial charge on any atom is -0.324 e. The van der Waals surface area contributed by atoms with Gasteiger partial charge in [0, 0.05) is 0 Å². The summed E-state index contributed by atoms with van der Waals surface area (Å²) < 4.78 is 36.9. The molecular formula is C9H8F3N5. The number of benzene rings is 1. The quantitative estimate of drug-likeness (QED) is 0.858. The van der Waals surface area contributed by atoms with E-state index in [1.807, 2.05) is 0 Å². The summed E-state index contributed by atoms with van der Waals surface area (Å²) in [6.45, 7) is 0.126. The van der Waals surface area contributed by atoms with Crippen molar-refractivity contribution < 1.29 is 13.2 Å². The van der Waals surface area contributed by atoms with Crippen LogP contribution in [0.4, 0.5) is 13.2 Å². The number of hydrogen-bond donors (Lipinski definition) is 1. The van der Waals surface area contributed by atoms with E-state index >= 15 is 0 Å². The molecule has 17 heavy (non-hydrogen) atoms. The van der Waals surface area contributed by atoms with E-state index in [1.54, 1.807) is 0 Å². The van der Waals surface area contributed by atoms with E-state index in [9.17, 15) is 13.2 Å². The van der Waals surface area contributed by atoms with Gasteiger partial charge in [0.1, 0.15) is 0 Å². The van der Waals surface area contributed by atoms with Crippen molar-refractivity contribution in [2.24, 2.45) is 5.73 Å². The van der Waals surface area contributed by atoms with Gasteiger partial charge in [-0.3, -0.25) is 0 Å². The maximum atomic E-state index is 12.3. The Hall–Kier alpha value is -1.96. The van der Waals surface area contributed by atoms with Gasteiger partial charge in [0.25, 0.3) is 0 Å². The van der Waals surface area contributed by atoms with Crippen molar-refractivity contribution in [3.63, 3.8) is 0 Å². The number of aromatic nitrogens is 4. The Morgan fingerprint density at radius 1 is 1.18 bits per heavy atom. The molecule has 0 aliphatic carbocycles. The summed E-state index contributed by atoms with van der Waals surface area (Å²) in [6.07, 6.45) is -4.35. The van der Waals surface area contributed by atoms with Crippen LogP contribution in [0.1, 0.15) is 11.4 Å². The fraction of sp³-hybridized carbons (Fsp3) is 0.222. The molecule has 8 heteroatoms. The molecule has 2 aromatic rings. The van der Waals surface area contributed by atoms with Crippen molar-refractivity contribution in [2.45, 2.75) is 12.7 Å². The molecule has 0 unspecified atom stereocenters. The summed E-state index contributed by atoms with van der Waals surface area (Å²) in [5.74, 6) is 0.324. The lowest BCUT2D eigenvalue weighted by molar-refractivity contribution is -0.137. The van der Waals surface area contributed by atoms with Gasteiger partial charge in [-0.05, 0) is 29.5 Å². The predicted molar refractivity (Wildman–Crippen MR) is 52.0 cm³/mol. The van der Waals surface area contributed by atoms with Gasteiger partial charge in [-0.2, -0.15) is 13.2 Å². The molecule has 0 fully saturated rings. The van der Waals surface area contributed by atoms with Crippen molar-refractivity contribution in [3.05, 3.63) is 35.7 Å². The first kappa shape index (κ1) is 11.5. The van der Waals surface area contributed by atoms with E-state index in [0.717, 1.165) is 16.9 Å². The summed E-state index contributed by atoms with van der Waals surface area (Å²) in [6, 6.07) is 4.46. The van der Waals surface area contributed by atoms with Crippen LogP contribution in [0.25, 0.3) is 5.69 Å². The molecule has 0 spiro atoms. The van der Waals surface area contributed by atoms with Gasteiger partial charge in [0.05, 0.1) is 17.8 Å². The molecule has 0 aliphatic rings. The highest BCUT2D eigenvalue weighted by molar-refractivity contribution is 5.33. The van der Waals surface area contributed by atoms with Crippen LogP contribution >= 0.6 is 0 Å². The van der Waals surface area contributed by atoms with Crippen LogP contribution < -0.4 is 5.73 Å². The topological polar surface area (TPSA) is 69.6 Å². The molecule has 0 bridgehead atoms. The zero-order valence-corrected chi connectivity index (χ0v) is 8.52. The molecule has 0 atom stereocenters. The largest absolute Gasteiger partial charge is 0.416 e. The Labute approximate surface area is 94.0 Å². The molecule has 2 rings (SSSR count). The molecule has 2 N–H and O–H groups in total. The van der Waals surface area contributed by atoms with Crippen LogP contribution in [0.15, 0.2) is 24.3 Å². The Balaban J connectivity index is 2.29. The lowest BCUT2D eigenvalue weighted by atomic mass is 10.2. The highest BCUT2D eigenvalue weighted by atomic mass is 19.4. The molecule has 1 heterocycles. The smallest absolute Gasteiger partial charge is 0.324 e. The number of nitrogens with two attached hydrogens (primary N) is 1. The zero-order chi connectivity index (χ0) is 12.5. The third-order valence-corrected chi connectivity index (χ3v) is 2.06. The highest BCUT2D eigenvalue weighted by Crippen LogP contribution is 2.29. The van der Waals surface area contributed by atoms with Gasteiger partial charge in [-0.25, -0.2) is 0 Å². The van der Waals surface area contributed by atoms with Gasteiger partial charge in [0.15, 0.2) is 5.82 Å². The minimum absolute atomic E-state index is 0.126. The van der Waals surface area contributed by atoms with Crippen LogP contribution in [0.3, 0.4) is 0 Å². The first-order valence-corrected chi connectivity index (χ1v) is 4.67. The number of rotatable bonds is 2. The second-order valence-electron chi connectivity index (χ2n) is 3.24. The molecule has 90 valence electrons. The summed E-state index contributed by atoms with van der Waals surface area (Å²) >= 11 is 0. The van der Waals surface area contributed by atoms with Crippen LogP contribution in [-0.2, 0) is 12.7 Å². The predicted octanol–water partition coefficient (Wildman–Crippen LogP) is 1.14. The second kappa shape index (κ2) is 4.13. The molecule has 1 aromatic heterocycles. The van der Waals surface area contributed by atoms with Gasteiger partial charge < -0.3 is 5.73 Å². The Kier molecular flexibility index (Phi) is 2.80. The monoisotopic (exact) mass is 243 g/mol. The van der Waals surface area contributed by atoms with Crippen molar-refractivity contribution >= 4 is 0 Å². The van der Waals surface area contributed by atoms with Crippen LogP contribution in [0.2, 0.25) is 0 Å². The van der Waals surface area contributed by atoms with E-state index in [4.69, 9.17) is 5.73 Å². The normalized spacial score (nSPS) is 11.8. The van der Waals surface area contributed by atoms with E-state index in [2.05, 4.69) is 15.4 Å². The van der Waals surface area contributed by atoms with Gasteiger partial charge in [-0.15, -0.1) is 15.0 Å². The van der Waals surface area contributed by atoms with Crippen LogP contribution in [0, 0.1) is 0 Å². The van der Waals surface area contributed by atoms with Crippen molar-refractivity contribution in [1.82, 2.24) is 20.2 Å². The third kappa shape index (κ3) is 2.41. The molecular weight excluding hydrogens is 235 g/mol. The van der Waals surface area contributed by atoms with Crippen molar-refractivity contribution in [3.8, 4) is 5.69 Å². The molecule has 0 aliphatic heterocycles. The molecule has 0 amide bonds. The molecule has 0 radical (unpaired) electrons. The lowest BCUT2D eigenvalue weighted by Crippen LogP contribution is -2.06. The summed E-state index contributed by atoms with van der Waals surface area (Å²) in [5, 5.41) is 11.2. The Morgan fingerprint density at radius 2 is 1.82 bits per heavy atom. The molecule has 0 saturated heterocycles. The standard InChI is InChI=1S/C9H8F3N5/c10-9(11,12)6-1-3-7(4-2-6)17-15-8(5-13)14-16-17/h1-4H,5,13H2. The van der Waals surface area contributed by atoms with E-state index in [1.165, 1.54) is 12.1 Å². The third-order valence-electron chi connectivity index (χ3n) is 2.06. The van der Waals surface area contributed by atoms with E-state index < -0.39 is 11.7 Å². The fourth-order valence-electron chi connectivity index (χ4n) is 1.22. The number of nitrogens with zero attached hydrogens (tertiary/aromatic N) is 4. The van der Waals surface area contributed by atoms with Gasteiger partial charge in [0.2, 0.25) is 0 Å². The van der Waals surface area contributed by atoms with E-state index in [-0.39, 0.29) is 6.54 Å². The average Bonchev–Trinajstić information content (AvgIpc) is 2.76. The van der Waals surface area contributed by atoms with Crippen LogP contribution in [-0.4, -0.2) is 20.2 Å². The number of halogens is 3. The van der Waals surface area contributed by atoms with Crippen molar-refractivity contribution in [2.75, 3.05) is 0 Å². The summed E-state index contributed by atoms with van der Waals surface area (Å²) in [4.78, 5) is 1.13. The number of alkyl halides is 3. The first-order chi connectivity index (χ1) is 8.00. The first-order valence-electron chi connectivity index (χ1n) is 4.67. The van der Waals surface area contributed by atoms with Gasteiger partial charge >= 0.3 is 6.18 Å². The molecule has 0 saturated carbocycles. The molecule has 1 aromatic carbocycles. The second-order valence-corrected chi connectivity index (χ2v) is 3.24. The molecule has 5 nitrogen and oxygen atoms in total. The van der Waals surface area contributed by atoms with Crippen LogP contribution in [0.5, 0.6) is 0 Å². The maximum absolute atomic E-state index is 12.3. The minimum atomic E-state index is -4.35. The number of tetrazole rings is 1. The van der Waals surface area contributed by atoms with E-state index in [0.29, 0.717) is 11.5 Å². The van der Waals surface area contributed by atoms with Gasteiger partial charge in [-0.1, -0.05) is 0 Å². The summed E-state index contributed by atoms with van der Waals surface area (Å²) in [5.41, 5.74) is 4.97. The fourth-order valence-corrected chi connectivity index (χ4v) is 1.22. The lowest BCUT2D eigenvalue weighted by Gasteiger charge is -2.06. The maximum Gasteiger partial charge on any atom is 0.416 e. The average molecular weight is 243 g/mol. The van der Waals surface area contributed by atoms with Crippen molar-refractivity contribution in [1.29, 1.82) is 0 Å². The Bertz CT molecular complexity index is 502.